The van der Waals surface area contributed by atoms with Gasteiger partial charge >= 0.3 is 0 Å². The lowest BCUT2D eigenvalue weighted by atomic mass is 10.1. The molecule has 0 heterocycles. The van der Waals surface area contributed by atoms with Gasteiger partial charge in [-0.3, -0.25) is 0 Å². The molecular formula is C6H10O2. The molecule has 46 valence electrons. The maximum absolute atomic E-state index is 9.94. The van der Waals surface area contributed by atoms with Crippen molar-refractivity contribution in [1.29, 1.82) is 0 Å². The van der Waals surface area contributed by atoms with E-state index in [2.05, 4.69) is 6.58 Å². The van der Waals surface area contributed by atoms with Crippen molar-refractivity contribution in [3.8, 4) is 0 Å². The van der Waals surface area contributed by atoms with Crippen LogP contribution in [0.1, 0.15) is 6.42 Å². The van der Waals surface area contributed by atoms with E-state index >= 15 is 0 Å². The normalized spacial score (nSPS) is 12.6. The highest BCUT2D eigenvalue weighted by Gasteiger charge is 1.97. The summed E-state index contributed by atoms with van der Waals surface area (Å²) in [5.41, 5.74) is 0. The van der Waals surface area contributed by atoms with E-state index in [1.165, 1.54) is 6.08 Å². The molecule has 0 saturated heterocycles. The zero-order valence-corrected chi connectivity index (χ0v) is 4.71. The molecule has 8 heavy (non-hydrogen) atoms. The predicted molar refractivity (Wildman–Crippen MR) is 31.5 cm³/mol. The molecule has 0 aliphatic rings. The summed E-state index contributed by atoms with van der Waals surface area (Å²) in [4.78, 5) is 9.94. The number of hydrogen-bond acceptors (Lipinski definition) is 2. The highest BCUT2D eigenvalue weighted by atomic mass is 16.3. The van der Waals surface area contributed by atoms with Crippen LogP contribution >= 0.6 is 0 Å². The topological polar surface area (TPSA) is 37.3 Å². The maximum atomic E-state index is 9.94. The van der Waals surface area contributed by atoms with Crippen molar-refractivity contribution >= 4 is 6.29 Å². The number of aliphatic hydroxyl groups is 1. The lowest BCUT2D eigenvalue weighted by Gasteiger charge is -1.96. The predicted octanol–water partition coefficient (Wildman–Crippen LogP) is 0.370. The Hall–Kier alpha value is -0.630. The van der Waals surface area contributed by atoms with Gasteiger partial charge in [0.25, 0.3) is 0 Å². The minimum atomic E-state index is -0.167. The monoisotopic (exact) mass is 114 g/mol. The smallest absolute Gasteiger partial charge is 0.126 e. The van der Waals surface area contributed by atoms with Crippen LogP contribution in [0.15, 0.2) is 12.7 Å². The number of aldehydes is 1. The molecular weight excluding hydrogens is 104 g/mol. The first-order valence-corrected chi connectivity index (χ1v) is 2.54. The Kier molecular flexibility index (Phi) is 4.17. The minimum absolute atomic E-state index is 0.0510. The quantitative estimate of drug-likeness (QED) is 0.423. The molecule has 0 spiro atoms. The number of allylic oxidation sites excluding steroid dienone is 1. The molecule has 2 heteroatoms. The van der Waals surface area contributed by atoms with Crippen LogP contribution in [0.25, 0.3) is 0 Å². The molecule has 0 aromatic rings. The SMILES string of the molecule is C=CC(C=O)CCO. The highest BCUT2D eigenvalue weighted by molar-refractivity contribution is 5.56. The van der Waals surface area contributed by atoms with Crippen LogP contribution in [0.2, 0.25) is 0 Å². The molecule has 0 aliphatic heterocycles. The summed E-state index contributed by atoms with van der Waals surface area (Å²) in [6.45, 7) is 3.46. The van der Waals surface area contributed by atoms with Crippen molar-refractivity contribution in [2.45, 2.75) is 6.42 Å². The fraction of sp³-hybridized carbons (Fsp3) is 0.500. The Bertz CT molecular complexity index is 70.6. The van der Waals surface area contributed by atoms with Crippen molar-refractivity contribution in [1.82, 2.24) is 0 Å². The van der Waals surface area contributed by atoms with Crippen molar-refractivity contribution in [2.24, 2.45) is 5.92 Å². The Morgan fingerprint density at radius 2 is 2.38 bits per heavy atom. The molecule has 0 fully saturated rings. The summed E-state index contributed by atoms with van der Waals surface area (Å²) in [5.74, 6) is -0.167. The second-order valence-electron chi connectivity index (χ2n) is 1.55. The summed E-state index contributed by atoms with van der Waals surface area (Å²) in [7, 11) is 0. The van der Waals surface area contributed by atoms with Gasteiger partial charge < -0.3 is 9.90 Å². The first kappa shape index (κ1) is 7.37. The number of carbonyl (C=O) groups is 1. The van der Waals surface area contributed by atoms with Gasteiger partial charge in [-0.15, -0.1) is 6.58 Å². The molecule has 0 saturated carbocycles. The Labute approximate surface area is 48.8 Å². The molecule has 1 N–H and O–H groups in total. The molecule has 0 aromatic carbocycles. The molecule has 0 aromatic heterocycles. The minimum Gasteiger partial charge on any atom is -0.396 e. The van der Waals surface area contributed by atoms with Gasteiger partial charge in [0, 0.05) is 12.5 Å². The van der Waals surface area contributed by atoms with Crippen molar-refractivity contribution in [3.05, 3.63) is 12.7 Å². The fourth-order valence-electron chi connectivity index (χ4n) is 0.391. The van der Waals surface area contributed by atoms with Crippen LogP contribution in [-0.2, 0) is 4.79 Å². The average molecular weight is 114 g/mol. The van der Waals surface area contributed by atoms with E-state index in [0.717, 1.165) is 6.29 Å². The van der Waals surface area contributed by atoms with Crippen LogP contribution in [0.5, 0.6) is 0 Å². The van der Waals surface area contributed by atoms with Crippen LogP contribution in [-0.4, -0.2) is 18.0 Å². The summed E-state index contributed by atoms with van der Waals surface area (Å²) < 4.78 is 0. The molecule has 0 radical (unpaired) electrons. The first-order chi connectivity index (χ1) is 3.85. The van der Waals surface area contributed by atoms with E-state index in [0.29, 0.717) is 6.42 Å². The van der Waals surface area contributed by atoms with Gasteiger partial charge in [0.2, 0.25) is 0 Å². The van der Waals surface area contributed by atoms with Crippen molar-refractivity contribution in [2.75, 3.05) is 6.61 Å². The molecule has 0 bridgehead atoms. The second-order valence-corrected chi connectivity index (χ2v) is 1.55. The van der Waals surface area contributed by atoms with Gasteiger partial charge in [-0.05, 0) is 6.42 Å². The van der Waals surface area contributed by atoms with Gasteiger partial charge in [-0.1, -0.05) is 6.08 Å². The summed E-state index contributed by atoms with van der Waals surface area (Å²) in [5, 5.41) is 8.29. The first-order valence-electron chi connectivity index (χ1n) is 2.54. The second kappa shape index (κ2) is 4.53. The number of hydrogen-bond donors (Lipinski definition) is 1. The molecule has 1 atom stereocenters. The third-order valence-electron chi connectivity index (χ3n) is 0.940. The van der Waals surface area contributed by atoms with Crippen LogP contribution in [0.4, 0.5) is 0 Å². The Morgan fingerprint density at radius 1 is 1.75 bits per heavy atom. The maximum Gasteiger partial charge on any atom is 0.126 e. The lowest BCUT2D eigenvalue weighted by molar-refractivity contribution is -0.110. The molecule has 1 unspecified atom stereocenters. The number of aliphatic hydroxyl groups excluding tert-OH is 1. The largest absolute Gasteiger partial charge is 0.396 e. The summed E-state index contributed by atoms with van der Waals surface area (Å²) in [6, 6.07) is 0. The van der Waals surface area contributed by atoms with Crippen LogP contribution in [0, 0.1) is 5.92 Å². The van der Waals surface area contributed by atoms with Crippen molar-refractivity contribution < 1.29 is 9.90 Å². The van der Waals surface area contributed by atoms with E-state index < -0.39 is 0 Å². The highest BCUT2D eigenvalue weighted by Crippen LogP contribution is 1.96. The van der Waals surface area contributed by atoms with Gasteiger partial charge in [0.15, 0.2) is 0 Å². The standard InChI is InChI=1S/C6H10O2/c1-2-6(5-8)3-4-7/h2,5-7H,1,3-4H2. The molecule has 0 aliphatic carbocycles. The van der Waals surface area contributed by atoms with Crippen LogP contribution in [0.3, 0.4) is 0 Å². The third kappa shape index (κ3) is 2.53. The third-order valence-corrected chi connectivity index (χ3v) is 0.940. The lowest BCUT2D eigenvalue weighted by Crippen LogP contribution is -1.99. The Balaban J connectivity index is 3.35. The van der Waals surface area contributed by atoms with Gasteiger partial charge in [0.1, 0.15) is 6.29 Å². The number of rotatable bonds is 4. The Morgan fingerprint density at radius 3 is 2.50 bits per heavy atom. The zero-order valence-electron chi connectivity index (χ0n) is 4.71. The van der Waals surface area contributed by atoms with Gasteiger partial charge in [-0.2, -0.15) is 0 Å². The van der Waals surface area contributed by atoms with Gasteiger partial charge in [-0.25, -0.2) is 0 Å². The average Bonchev–Trinajstić information content (AvgIpc) is 1.83. The molecule has 2 nitrogen and oxygen atoms in total. The van der Waals surface area contributed by atoms with E-state index in [1.807, 2.05) is 0 Å². The van der Waals surface area contributed by atoms with Gasteiger partial charge in [0.05, 0.1) is 0 Å². The molecule has 0 rings (SSSR count). The van der Waals surface area contributed by atoms with E-state index in [9.17, 15) is 4.79 Å². The zero-order chi connectivity index (χ0) is 6.41. The molecule has 0 amide bonds. The summed E-state index contributed by atoms with van der Waals surface area (Å²) in [6.07, 6.45) is 2.80. The number of carbonyl (C=O) groups excluding carboxylic acids is 1. The van der Waals surface area contributed by atoms with E-state index in [1.54, 1.807) is 0 Å². The van der Waals surface area contributed by atoms with E-state index in [4.69, 9.17) is 5.11 Å². The summed E-state index contributed by atoms with van der Waals surface area (Å²) >= 11 is 0. The van der Waals surface area contributed by atoms with E-state index in [-0.39, 0.29) is 12.5 Å². The van der Waals surface area contributed by atoms with Crippen molar-refractivity contribution in [3.63, 3.8) is 0 Å². The van der Waals surface area contributed by atoms with Crippen LogP contribution < -0.4 is 0 Å². The fourth-order valence-corrected chi connectivity index (χ4v) is 0.391.